The maximum atomic E-state index is 12.9. The molecule has 1 heterocycles. The minimum atomic E-state index is -0.465. The molecule has 0 aliphatic heterocycles. The number of thiazole rings is 1. The summed E-state index contributed by atoms with van der Waals surface area (Å²) in [6.07, 6.45) is 3.20. The summed E-state index contributed by atoms with van der Waals surface area (Å²) in [6.45, 7) is 8.13. The molecule has 0 unspecified atom stereocenters. The second kappa shape index (κ2) is 8.70. The minimum Gasteiger partial charge on any atom is -0.301 e. The highest BCUT2D eigenvalue weighted by molar-refractivity contribution is 7.17. The minimum absolute atomic E-state index is 0.0428. The summed E-state index contributed by atoms with van der Waals surface area (Å²) in [5.41, 5.74) is 3.62. The molecule has 29 heavy (non-hydrogen) atoms. The summed E-state index contributed by atoms with van der Waals surface area (Å²) in [5.74, 6) is -0.122. The quantitative estimate of drug-likeness (QED) is 0.554. The van der Waals surface area contributed by atoms with E-state index < -0.39 is 5.41 Å². The number of carbonyl (C=O) groups excluding carboxylic acids is 2. The van der Waals surface area contributed by atoms with Crippen LogP contribution in [0.25, 0.3) is 0 Å². The molecule has 3 aromatic rings. The van der Waals surface area contributed by atoms with Crippen LogP contribution in [0.3, 0.4) is 0 Å². The van der Waals surface area contributed by atoms with Gasteiger partial charge in [-0.2, -0.15) is 0 Å². The number of rotatable bonds is 5. The first-order valence-corrected chi connectivity index (χ1v) is 10.8. The molecule has 1 N–H and O–H groups in total. The number of hydrogen-bond acceptors (Lipinski definition) is 4. The Hall–Kier alpha value is -2.79. The van der Waals surface area contributed by atoms with Gasteiger partial charge >= 0.3 is 0 Å². The number of ketones is 1. The molecule has 150 valence electrons. The van der Waals surface area contributed by atoms with Gasteiger partial charge in [-0.05, 0) is 43.4 Å². The van der Waals surface area contributed by atoms with Crippen LogP contribution in [-0.4, -0.2) is 16.7 Å². The first-order chi connectivity index (χ1) is 14.0. The maximum Gasteiger partial charge on any atom is 0.236 e. The Morgan fingerprint density at radius 2 is 1.69 bits per heavy atom. The van der Waals surface area contributed by atoms with Crippen molar-refractivity contribution in [3.8, 4) is 0 Å². The average molecular weight is 407 g/mol. The van der Waals surface area contributed by atoms with Crippen LogP contribution in [0.4, 0.5) is 5.13 Å². The molecule has 2 aromatic carbocycles. The number of aryl methyl sites for hydroxylation is 2. The molecule has 1 amide bonds. The second-order valence-electron chi connectivity index (χ2n) is 7.06. The number of nitrogens with one attached hydrogen (secondary N) is 1. The fourth-order valence-corrected chi connectivity index (χ4v) is 3.97. The smallest absolute Gasteiger partial charge is 0.236 e. The van der Waals surface area contributed by atoms with Crippen molar-refractivity contribution in [2.75, 3.05) is 5.32 Å². The molecule has 0 atom stereocenters. The van der Waals surface area contributed by atoms with Crippen molar-refractivity contribution >= 4 is 28.2 Å². The Bertz CT molecular complexity index is 1020. The van der Waals surface area contributed by atoms with Crippen LogP contribution in [0.5, 0.6) is 0 Å². The molecule has 4 nitrogen and oxygen atoms in total. The molecule has 0 bridgehead atoms. The van der Waals surface area contributed by atoms with Gasteiger partial charge in [0.2, 0.25) is 11.7 Å². The zero-order valence-electron chi connectivity index (χ0n) is 17.3. The van der Waals surface area contributed by atoms with Crippen molar-refractivity contribution < 1.29 is 9.59 Å². The van der Waals surface area contributed by atoms with Crippen LogP contribution in [0.2, 0.25) is 0 Å². The van der Waals surface area contributed by atoms with E-state index in [1.807, 2.05) is 38.1 Å². The van der Waals surface area contributed by atoms with Crippen molar-refractivity contribution in [3.63, 3.8) is 0 Å². The molecule has 1 aliphatic carbocycles. The van der Waals surface area contributed by atoms with Gasteiger partial charge in [-0.1, -0.05) is 73.7 Å². The van der Waals surface area contributed by atoms with Gasteiger partial charge in [-0.15, -0.1) is 0 Å². The fraction of sp³-hybridized carbons (Fsp3) is 0.292. The monoisotopic (exact) mass is 406 g/mol. The van der Waals surface area contributed by atoms with E-state index in [1.54, 1.807) is 12.1 Å². The molecular weight excluding hydrogens is 380 g/mol. The maximum absolute atomic E-state index is 12.9. The molecule has 0 saturated heterocycles. The molecular formula is C24H26N2O2S. The Kier molecular flexibility index (Phi) is 6.28. The summed E-state index contributed by atoms with van der Waals surface area (Å²) in [7, 11) is 0. The molecule has 1 saturated carbocycles. The first kappa shape index (κ1) is 20.9. The number of benzene rings is 2. The number of hydrogen-bond donors (Lipinski definition) is 1. The molecule has 5 heteroatoms. The van der Waals surface area contributed by atoms with E-state index >= 15 is 0 Å². The summed E-state index contributed by atoms with van der Waals surface area (Å²) >= 11 is 1.22. The lowest BCUT2D eigenvalue weighted by atomic mass is 9.92. The third-order valence-electron chi connectivity index (χ3n) is 5.23. The van der Waals surface area contributed by atoms with Gasteiger partial charge in [-0.25, -0.2) is 4.98 Å². The predicted molar refractivity (Wildman–Crippen MR) is 119 cm³/mol. The van der Waals surface area contributed by atoms with Crippen LogP contribution in [-0.2, 0) is 10.2 Å². The topological polar surface area (TPSA) is 59.1 Å². The zero-order chi connectivity index (χ0) is 21.0. The molecule has 0 radical (unpaired) electrons. The normalized spacial score (nSPS) is 13.8. The van der Waals surface area contributed by atoms with E-state index in [9.17, 15) is 9.59 Å². The summed E-state index contributed by atoms with van der Waals surface area (Å²) in [6, 6.07) is 15.3. The molecule has 0 spiro atoms. The number of anilines is 1. The average Bonchev–Trinajstić information content (AvgIpc) is 3.44. The standard InChI is InChI=1S/C22H20N2O2S.C2H6/c1-14-8-9-17(12-15(14)2)22(10-11-22)20(26)24-21-23-13-18(27-21)19(25)16-6-4-3-5-7-16;1-2/h3-9,12-13H,10-11H2,1-2H3,(H,23,24,26);1-2H3. The van der Waals surface area contributed by atoms with Crippen LogP contribution >= 0.6 is 11.3 Å². The first-order valence-electron chi connectivity index (χ1n) is 9.94. The van der Waals surface area contributed by atoms with Gasteiger partial charge in [0.05, 0.1) is 16.5 Å². The van der Waals surface area contributed by atoms with Gasteiger partial charge in [0.25, 0.3) is 0 Å². The van der Waals surface area contributed by atoms with E-state index in [1.165, 1.54) is 28.7 Å². The lowest BCUT2D eigenvalue weighted by Crippen LogP contribution is -2.27. The van der Waals surface area contributed by atoms with Crippen molar-refractivity contribution in [1.82, 2.24) is 4.98 Å². The number of carbonyl (C=O) groups is 2. The predicted octanol–water partition coefficient (Wildman–Crippen LogP) is 5.69. The van der Waals surface area contributed by atoms with Crippen LogP contribution in [0.15, 0.2) is 54.7 Å². The van der Waals surface area contributed by atoms with Crippen LogP contribution in [0.1, 0.15) is 58.6 Å². The Labute approximate surface area is 176 Å². The van der Waals surface area contributed by atoms with Gasteiger partial charge in [0.1, 0.15) is 0 Å². The van der Waals surface area contributed by atoms with E-state index in [2.05, 4.69) is 36.3 Å². The lowest BCUT2D eigenvalue weighted by Gasteiger charge is -2.16. The van der Waals surface area contributed by atoms with Crippen LogP contribution < -0.4 is 5.32 Å². The number of aromatic nitrogens is 1. The van der Waals surface area contributed by atoms with E-state index in [0.29, 0.717) is 15.6 Å². The van der Waals surface area contributed by atoms with Crippen molar-refractivity contribution in [1.29, 1.82) is 0 Å². The summed E-state index contributed by atoms with van der Waals surface area (Å²) < 4.78 is 0. The Morgan fingerprint density at radius 1 is 1.00 bits per heavy atom. The number of amides is 1. The van der Waals surface area contributed by atoms with Gasteiger partial charge in [0, 0.05) is 5.56 Å². The number of nitrogens with zero attached hydrogens (tertiary/aromatic N) is 1. The highest BCUT2D eigenvalue weighted by Crippen LogP contribution is 2.49. The zero-order valence-corrected chi connectivity index (χ0v) is 18.1. The second-order valence-corrected chi connectivity index (χ2v) is 8.09. The van der Waals surface area contributed by atoms with Crippen molar-refractivity contribution in [2.45, 2.75) is 46.0 Å². The van der Waals surface area contributed by atoms with E-state index in [0.717, 1.165) is 18.4 Å². The Balaban J connectivity index is 0.00000117. The van der Waals surface area contributed by atoms with Gasteiger partial charge < -0.3 is 5.32 Å². The largest absolute Gasteiger partial charge is 0.301 e. The molecule has 1 aromatic heterocycles. The molecule has 1 fully saturated rings. The van der Waals surface area contributed by atoms with Crippen molar-refractivity contribution in [2.24, 2.45) is 0 Å². The van der Waals surface area contributed by atoms with E-state index in [-0.39, 0.29) is 11.7 Å². The molecule has 1 aliphatic rings. The third kappa shape index (κ3) is 4.30. The third-order valence-corrected chi connectivity index (χ3v) is 6.14. The fourth-order valence-electron chi connectivity index (χ4n) is 3.20. The Morgan fingerprint density at radius 3 is 2.31 bits per heavy atom. The summed E-state index contributed by atoms with van der Waals surface area (Å²) in [5, 5.41) is 3.39. The van der Waals surface area contributed by atoms with Gasteiger partial charge in [-0.3, -0.25) is 9.59 Å². The molecule has 4 rings (SSSR count). The van der Waals surface area contributed by atoms with Gasteiger partial charge in [0.15, 0.2) is 5.13 Å². The van der Waals surface area contributed by atoms with E-state index in [4.69, 9.17) is 0 Å². The van der Waals surface area contributed by atoms with Crippen molar-refractivity contribution in [3.05, 3.63) is 81.9 Å². The highest BCUT2D eigenvalue weighted by atomic mass is 32.1. The SMILES string of the molecule is CC.Cc1ccc(C2(C(=O)Nc3ncc(C(=O)c4ccccc4)s3)CC2)cc1C. The highest BCUT2D eigenvalue weighted by Gasteiger charge is 2.51. The lowest BCUT2D eigenvalue weighted by molar-refractivity contribution is -0.118. The summed E-state index contributed by atoms with van der Waals surface area (Å²) in [4.78, 5) is 30.2. The van der Waals surface area contributed by atoms with Crippen LogP contribution in [0, 0.1) is 13.8 Å².